The van der Waals surface area contributed by atoms with Crippen molar-refractivity contribution in [3.8, 4) is 0 Å². The standard InChI is InChI=1S/C9H4BrF2NS2/c10-8-4-14-9(13-8)15-7-2-1-5(11)3-6(7)12/h1-4H. The van der Waals surface area contributed by atoms with Gasteiger partial charge in [0.1, 0.15) is 16.2 Å². The Hall–Kier alpha value is -0.460. The molecule has 0 aliphatic rings. The summed E-state index contributed by atoms with van der Waals surface area (Å²) >= 11 is 5.79. The minimum absolute atomic E-state index is 0.373. The maximum Gasteiger partial charge on any atom is 0.156 e. The Kier molecular flexibility index (Phi) is 3.38. The van der Waals surface area contributed by atoms with Crippen LogP contribution in [0, 0.1) is 11.6 Å². The van der Waals surface area contributed by atoms with Crippen molar-refractivity contribution in [2.24, 2.45) is 0 Å². The van der Waals surface area contributed by atoms with Crippen LogP contribution in [-0.2, 0) is 0 Å². The normalized spacial score (nSPS) is 10.6. The number of aromatic nitrogens is 1. The summed E-state index contributed by atoms with van der Waals surface area (Å²) in [5.41, 5.74) is 0. The van der Waals surface area contributed by atoms with E-state index in [2.05, 4.69) is 20.9 Å². The lowest BCUT2D eigenvalue weighted by atomic mass is 10.3. The van der Waals surface area contributed by atoms with E-state index < -0.39 is 11.6 Å². The number of thiazole rings is 1. The van der Waals surface area contributed by atoms with E-state index >= 15 is 0 Å². The van der Waals surface area contributed by atoms with Crippen LogP contribution < -0.4 is 0 Å². The largest absolute Gasteiger partial charge is 0.222 e. The predicted molar refractivity (Wildman–Crippen MR) is 60.3 cm³/mol. The zero-order valence-corrected chi connectivity index (χ0v) is 10.4. The summed E-state index contributed by atoms with van der Waals surface area (Å²) in [5, 5.41) is 1.81. The van der Waals surface area contributed by atoms with Crippen LogP contribution in [0.5, 0.6) is 0 Å². The Morgan fingerprint density at radius 2 is 2.13 bits per heavy atom. The van der Waals surface area contributed by atoms with Crippen LogP contribution in [0.3, 0.4) is 0 Å². The molecule has 0 unspecified atom stereocenters. The van der Waals surface area contributed by atoms with Gasteiger partial charge in [0.2, 0.25) is 0 Å². The fourth-order valence-corrected chi connectivity index (χ4v) is 3.26. The Morgan fingerprint density at radius 3 is 2.73 bits per heavy atom. The highest BCUT2D eigenvalue weighted by Crippen LogP contribution is 2.33. The highest BCUT2D eigenvalue weighted by Gasteiger charge is 2.08. The van der Waals surface area contributed by atoms with Crippen LogP contribution in [-0.4, -0.2) is 4.98 Å². The highest BCUT2D eigenvalue weighted by molar-refractivity contribution is 9.10. The molecule has 0 aliphatic heterocycles. The Labute approximate surface area is 102 Å². The van der Waals surface area contributed by atoms with Gasteiger partial charge in [0.25, 0.3) is 0 Å². The van der Waals surface area contributed by atoms with E-state index in [1.54, 1.807) is 0 Å². The Balaban J connectivity index is 2.24. The van der Waals surface area contributed by atoms with Crippen molar-refractivity contribution in [1.82, 2.24) is 4.98 Å². The lowest BCUT2D eigenvalue weighted by Gasteiger charge is -1.99. The van der Waals surface area contributed by atoms with Crippen molar-refractivity contribution >= 4 is 39.0 Å². The summed E-state index contributed by atoms with van der Waals surface area (Å²) in [6.07, 6.45) is 0. The third kappa shape index (κ3) is 2.76. The molecule has 0 atom stereocenters. The van der Waals surface area contributed by atoms with Crippen molar-refractivity contribution in [1.29, 1.82) is 0 Å². The topological polar surface area (TPSA) is 12.9 Å². The molecule has 2 aromatic rings. The molecular weight excluding hydrogens is 304 g/mol. The average Bonchev–Trinajstić information content (AvgIpc) is 2.56. The van der Waals surface area contributed by atoms with Gasteiger partial charge in [0.05, 0.1) is 4.90 Å². The molecule has 15 heavy (non-hydrogen) atoms. The molecule has 1 nitrogen and oxygen atoms in total. The van der Waals surface area contributed by atoms with Crippen molar-refractivity contribution in [2.45, 2.75) is 9.24 Å². The third-order valence-electron chi connectivity index (χ3n) is 1.55. The van der Waals surface area contributed by atoms with Crippen LogP contribution in [0.1, 0.15) is 0 Å². The number of halogens is 3. The molecule has 0 saturated carbocycles. The second-order valence-electron chi connectivity index (χ2n) is 2.61. The molecule has 0 fully saturated rings. The zero-order valence-electron chi connectivity index (χ0n) is 7.21. The monoisotopic (exact) mass is 307 g/mol. The van der Waals surface area contributed by atoms with E-state index in [9.17, 15) is 8.78 Å². The number of hydrogen-bond acceptors (Lipinski definition) is 3. The van der Waals surface area contributed by atoms with Crippen molar-refractivity contribution in [3.63, 3.8) is 0 Å². The minimum atomic E-state index is -0.572. The quantitative estimate of drug-likeness (QED) is 0.819. The summed E-state index contributed by atoms with van der Waals surface area (Å²) in [5.74, 6) is -1.14. The third-order valence-corrected chi connectivity index (χ3v) is 4.25. The molecule has 1 aromatic heterocycles. The molecule has 0 saturated heterocycles. The summed E-state index contributed by atoms with van der Waals surface area (Å²) < 4.78 is 27.3. The summed E-state index contributed by atoms with van der Waals surface area (Å²) in [6.45, 7) is 0. The van der Waals surface area contributed by atoms with E-state index in [0.29, 0.717) is 9.24 Å². The zero-order chi connectivity index (χ0) is 10.8. The average molecular weight is 308 g/mol. The van der Waals surface area contributed by atoms with Gasteiger partial charge < -0.3 is 0 Å². The number of hydrogen-bond donors (Lipinski definition) is 0. The first kappa shape index (κ1) is 11.0. The lowest BCUT2D eigenvalue weighted by Crippen LogP contribution is -1.82. The van der Waals surface area contributed by atoms with E-state index in [1.165, 1.54) is 35.2 Å². The van der Waals surface area contributed by atoms with Gasteiger partial charge in [-0.2, -0.15) is 0 Å². The second kappa shape index (κ2) is 4.59. The van der Waals surface area contributed by atoms with Crippen LogP contribution >= 0.6 is 39.0 Å². The molecule has 6 heteroatoms. The van der Waals surface area contributed by atoms with Crippen molar-refractivity contribution in [2.75, 3.05) is 0 Å². The molecular formula is C9H4BrF2NS2. The first-order chi connectivity index (χ1) is 7.15. The predicted octanol–water partition coefficient (Wildman–Crippen LogP) is 4.34. The first-order valence-electron chi connectivity index (χ1n) is 3.89. The fourth-order valence-electron chi connectivity index (χ4n) is 0.938. The fraction of sp³-hybridized carbons (Fsp3) is 0. The molecule has 0 bridgehead atoms. The molecule has 0 spiro atoms. The van der Waals surface area contributed by atoms with Crippen molar-refractivity contribution in [3.05, 3.63) is 39.8 Å². The second-order valence-corrected chi connectivity index (χ2v) is 5.57. The maximum atomic E-state index is 13.2. The van der Waals surface area contributed by atoms with Crippen LogP contribution in [0.25, 0.3) is 0 Å². The molecule has 1 heterocycles. The van der Waals surface area contributed by atoms with Gasteiger partial charge in [-0.05, 0) is 28.1 Å². The van der Waals surface area contributed by atoms with E-state index in [-0.39, 0.29) is 0 Å². The van der Waals surface area contributed by atoms with Crippen LogP contribution in [0.4, 0.5) is 8.78 Å². The van der Waals surface area contributed by atoms with Gasteiger partial charge in [0.15, 0.2) is 4.34 Å². The molecule has 0 amide bonds. The molecule has 0 radical (unpaired) electrons. The van der Waals surface area contributed by atoms with E-state index in [1.807, 2.05) is 5.38 Å². The van der Waals surface area contributed by atoms with E-state index in [0.717, 1.165) is 10.7 Å². The molecule has 2 rings (SSSR count). The summed E-state index contributed by atoms with van der Waals surface area (Å²) in [4.78, 5) is 4.48. The summed E-state index contributed by atoms with van der Waals surface area (Å²) in [6, 6.07) is 3.50. The number of rotatable bonds is 2. The van der Waals surface area contributed by atoms with Gasteiger partial charge in [0, 0.05) is 11.4 Å². The molecule has 1 aromatic carbocycles. The molecule has 0 N–H and O–H groups in total. The van der Waals surface area contributed by atoms with Crippen LogP contribution in [0.15, 0.2) is 37.4 Å². The van der Waals surface area contributed by atoms with Gasteiger partial charge in [-0.25, -0.2) is 13.8 Å². The van der Waals surface area contributed by atoms with Crippen LogP contribution in [0.2, 0.25) is 0 Å². The number of nitrogens with zero attached hydrogens (tertiary/aromatic N) is 1. The number of benzene rings is 1. The summed E-state index contributed by atoms with van der Waals surface area (Å²) in [7, 11) is 0. The van der Waals surface area contributed by atoms with Gasteiger partial charge >= 0.3 is 0 Å². The lowest BCUT2D eigenvalue weighted by molar-refractivity contribution is 0.565. The van der Waals surface area contributed by atoms with Gasteiger partial charge in [-0.3, -0.25) is 0 Å². The Bertz CT molecular complexity index is 487. The Morgan fingerprint density at radius 1 is 1.33 bits per heavy atom. The highest BCUT2D eigenvalue weighted by atomic mass is 79.9. The van der Waals surface area contributed by atoms with Gasteiger partial charge in [-0.15, -0.1) is 11.3 Å². The maximum absolute atomic E-state index is 13.2. The first-order valence-corrected chi connectivity index (χ1v) is 6.38. The molecule has 0 aliphatic carbocycles. The molecule has 78 valence electrons. The van der Waals surface area contributed by atoms with Gasteiger partial charge in [-0.1, -0.05) is 11.8 Å². The smallest absolute Gasteiger partial charge is 0.156 e. The van der Waals surface area contributed by atoms with Crippen molar-refractivity contribution < 1.29 is 8.78 Å². The minimum Gasteiger partial charge on any atom is -0.222 e. The van der Waals surface area contributed by atoms with E-state index in [4.69, 9.17) is 0 Å². The SMILES string of the molecule is Fc1ccc(Sc2nc(Br)cs2)c(F)c1.